The number of benzene rings is 1. The zero-order valence-electron chi connectivity index (χ0n) is 10.0. The summed E-state index contributed by atoms with van der Waals surface area (Å²) < 4.78 is 5.11. The van der Waals surface area contributed by atoms with E-state index >= 15 is 0 Å². The third-order valence-corrected chi connectivity index (χ3v) is 2.74. The maximum atomic E-state index is 9.78. The average Bonchev–Trinajstić information content (AvgIpc) is 2.93. The molecule has 2 aromatic rings. The van der Waals surface area contributed by atoms with E-state index in [0.717, 1.165) is 11.1 Å². The first-order valence-electron chi connectivity index (χ1n) is 5.90. The van der Waals surface area contributed by atoms with E-state index in [1.807, 2.05) is 24.3 Å². The van der Waals surface area contributed by atoms with E-state index in [4.69, 9.17) is 9.52 Å². The van der Waals surface area contributed by atoms with Crippen molar-refractivity contribution in [1.82, 2.24) is 5.32 Å². The van der Waals surface area contributed by atoms with Crippen LogP contribution in [0.25, 0.3) is 0 Å². The lowest BCUT2D eigenvalue weighted by atomic mass is 10.1. The highest BCUT2D eigenvalue weighted by Crippen LogP contribution is 2.12. The van der Waals surface area contributed by atoms with Crippen molar-refractivity contribution >= 4 is 0 Å². The highest BCUT2D eigenvalue weighted by molar-refractivity contribution is 5.21. The average molecular weight is 247 g/mol. The number of rotatable bonds is 6. The van der Waals surface area contributed by atoms with Crippen LogP contribution in [0.4, 0.5) is 0 Å². The molecule has 1 heterocycles. The van der Waals surface area contributed by atoms with Crippen LogP contribution in [0.2, 0.25) is 0 Å². The number of hydrogen-bond acceptors (Lipinski definition) is 4. The Labute approximate surface area is 106 Å². The molecule has 4 nitrogen and oxygen atoms in total. The first-order chi connectivity index (χ1) is 8.79. The van der Waals surface area contributed by atoms with Crippen molar-refractivity contribution in [2.45, 2.75) is 19.3 Å². The Morgan fingerprint density at radius 2 is 1.83 bits per heavy atom. The lowest BCUT2D eigenvalue weighted by molar-refractivity contribution is 0.147. The molecule has 2 rings (SSSR count). The first kappa shape index (κ1) is 12.8. The van der Waals surface area contributed by atoms with Crippen molar-refractivity contribution in [2.24, 2.45) is 0 Å². The van der Waals surface area contributed by atoms with Gasteiger partial charge in [0.2, 0.25) is 0 Å². The van der Waals surface area contributed by atoms with E-state index in [1.54, 1.807) is 18.4 Å². The van der Waals surface area contributed by atoms with Gasteiger partial charge in [-0.05, 0) is 23.3 Å². The molecule has 0 bridgehead atoms. The molecule has 0 spiro atoms. The van der Waals surface area contributed by atoms with Crippen LogP contribution in [0.15, 0.2) is 47.1 Å². The summed E-state index contributed by atoms with van der Waals surface area (Å²) in [5, 5.41) is 21.9. The minimum absolute atomic E-state index is 0.0604. The standard InChI is InChI=1S/C14H17NO3/c16-10-12-5-3-11(4-6-12)8-15-9-13(17)14-2-1-7-18-14/h1-7,13,15-17H,8-10H2. The van der Waals surface area contributed by atoms with Gasteiger partial charge in [0.15, 0.2) is 0 Å². The fourth-order valence-electron chi connectivity index (χ4n) is 1.70. The molecule has 0 fully saturated rings. The molecule has 3 N–H and O–H groups in total. The van der Waals surface area contributed by atoms with Crippen LogP contribution in [0, 0.1) is 0 Å². The van der Waals surface area contributed by atoms with Gasteiger partial charge >= 0.3 is 0 Å². The zero-order valence-corrected chi connectivity index (χ0v) is 10.0. The van der Waals surface area contributed by atoms with Crippen LogP contribution in [-0.2, 0) is 13.2 Å². The van der Waals surface area contributed by atoms with Gasteiger partial charge in [-0.1, -0.05) is 24.3 Å². The summed E-state index contributed by atoms with van der Waals surface area (Å²) in [6, 6.07) is 11.2. The molecule has 96 valence electrons. The molecule has 0 amide bonds. The highest BCUT2D eigenvalue weighted by Gasteiger charge is 2.09. The summed E-state index contributed by atoms with van der Waals surface area (Å²) in [6.07, 6.45) is 0.920. The molecule has 1 atom stereocenters. The molecular weight excluding hydrogens is 230 g/mol. The topological polar surface area (TPSA) is 65.6 Å². The largest absolute Gasteiger partial charge is 0.467 e. The minimum atomic E-state index is -0.628. The Morgan fingerprint density at radius 1 is 1.11 bits per heavy atom. The third kappa shape index (κ3) is 3.43. The number of aliphatic hydroxyl groups is 2. The quantitative estimate of drug-likeness (QED) is 0.725. The van der Waals surface area contributed by atoms with Crippen LogP contribution in [-0.4, -0.2) is 16.8 Å². The van der Waals surface area contributed by atoms with Crippen molar-refractivity contribution in [3.05, 3.63) is 59.5 Å². The van der Waals surface area contributed by atoms with Crippen molar-refractivity contribution in [3.8, 4) is 0 Å². The SMILES string of the molecule is OCc1ccc(CNCC(O)c2ccco2)cc1. The second-order valence-corrected chi connectivity index (χ2v) is 4.14. The number of furan rings is 1. The van der Waals surface area contributed by atoms with Gasteiger partial charge in [-0.25, -0.2) is 0 Å². The molecule has 0 radical (unpaired) electrons. The van der Waals surface area contributed by atoms with Crippen LogP contribution in [0.1, 0.15) is 23.0 Å². The number of aliphatic hydroxyl groups excluding tert-OH is 2. The van der Waals surface area contributed by atoms with Gasteiger partial charge in [0.25, 0.3) is 0 Å². The summed E-state index contributed by atoms with van der Waals surface area (Å²) >= 11 is 0. The maximum Gasteiger partial charge on any atom is 0.133 e. The Hall–Kier alpha value is -1.62. The Morgan fingerprint density at radius 3 is 2.44 bits per heavy atom. The summed E-state index contributed by atoms with van der Waals surface area (Å²) in [4.78, 5) is 0. The van der Waals surface area contributed by atoms with Gasteiger partial charge < -0.3 is 19.9 Å². The van der Waals surface area contributed by atoms with E-state index in [9.17, 15) is 5.11 Å². The lowest BCUT2D eigenvalue weighted by Crippen LogP contribution is -2.20. The Bertz CT molecular complexity index is 450. The van der Waals surface area contributed by atoms with E-state index in [-0.39, 0.29) is 6.61 Å². The molecule has 0 saturated heterocycles. The predicted octanol–water partition coefficient (Wildman–Crippen LogP) is 1.60. The summed E-state index contributed by atoms with van der Waals surface area (Å²) in [5.74, 6) is 0.568. The molecular formula is C14H17NO3. The minimum Gasteiger partial charge on any atom is -0.467 e. The molecule has 0 saturated carbocycles. The van der Waals surface area contributed by atoms with Gasteiger partial charge in [-0.3, -0.25) is 0 Å². The van der Waals surface area contributed by atoms with Gasteiger partial charge in [-0.15, -0.1) is 0 Å². The van der Waals surface area contributed by atoms with Gasteiger partial charge in [-0.2, -0.15) is 0 Å². The molecule has 4 heteroatoms. The van der Waals surface area contributed by atoms with Crippen LogP contribution in [0.3, 0.4) is 0 Å². The first-order valence-corrected chi connectivity index (χ1v) is 5.90. The van der Waals surface area contributed by atoms with Crippen molar-refractivity contribution < 1.29 is 14.6 Å². The van der Waals surface area contributed by atoms with Crippen LogP contribution in [0.5, 0.6) is 0 Å². The van der Waals surface area contributed by atoms with E-state index in [0.29, 0.717) is 18.8 Å². The number of hydrogen-bond donors (Lipinski definition) is 3. The van der Waals surface area contributed by atoms with E-state index in [1.165, 1.54) is 0 Å². The molecule has 1 aromatic carbocycles. The van der Waals surface area contributed by atoms with E-state index in [2.05, 4.69) is 5.32 Å². The van der Waals surface area contributed by atoms with Crippen molar-refractivity contribution in [2.75, 3.05) is 6.54 Å². The summed E-state index contributed by atoms with van der Waals surface area (Å²) in [7, 11) is 0. The molecule has 1 aromatic heterocycles. The van der Waals surface area contributed by atoms with Crippen LogP contribution >= 0.6 is 0 Å². The van der Waals surface area contributed by atoms with Gasteiger partial charge in [0, 0.05) is 13.1 Å². The fourth-order valence-corrected chi connectivity index (χ4v) is 1.70. The van der Waals surface area contributed by atoms with Crippen molar-refractivity contribution in [1.29, 1.82) is 0 Å². The molecule has 1 unspecified atom stereocenters. The summed E-state index contributed by atoms with van der Waals surface area (Å²) in [5.41, 5.74) is 2.01. The Kier molecular flexibility index (Phi) is 4.52. The summed E-state index contributed by atoms with van der Waals surface area (Å²) in [6.45, 7) is 1.17. The zero-order chi connectivity index (χ0) is 12.8. The smallest absolute Gasteiger partial charge is 0.133 e. The molecule has 0 aliphatic heterocycles. The highest BCUT2D eigenvalue weighted by atomic mass is 16.4. The Balaban J connectivity index is 1.77. The normalized spacial score (nSPS) is 12.6. The third-order valence-electron chi connectivity index (χ3n) is 2.74. The molecule has 0 aliphatic carbocycles. The molecule has 18 heavy (non-hydrogen) atoms. The molecule has 0 aliphatic rings. The second kappa shape index (κ2) is 6.35. The predicted molar refractivity (Wildman–Crippen MR) is 67.7 cm³/mol. The van der Waals surface area contributed by atoms with E-state index < -0.39 is 6.10 Å². The monoisotopic (exact) mass is 247 g/mol. The lowest BCUT2D eigenvalue weighted by Gasteiger charge is -2.09. The fraction of sp³-hybridized carbons (Fsp3) is 0.286. The second-order valence-electron chi connectivity index (χ2n) is 4.14. The maximum absolute atomic E-state index is 9.78. The van der Waals surface area contributed by atoms with Crippen LogP contribution < -0.4 is 5.32 Å². The number of nitrogens with one attached hydrogen (secondary N) is 1. The van der Waals surface area contributed by atoms with Gasteiger partial charge in [0.05, 0.1) is 12.9 Å². The van der Waals surface area contributed by atoms with Gasteiger partial charge in [0.1, 0.15) is 11.9 Å². The van der Waals surface area contributed by atoms with Crippen molar-refractivity contribution in [3.63, 3.8) is 0 Å².